The Kier molecular flexibility index (Phi) is 4.29. The molecule has 0 aliphatic heterocycles. The number of benzene rings is 2. The van der Waals surface area contributed by atoms with E-state index >= 15 is 0 Å². The van der Waals surface area contributed by atoms with E-state index in [1.165, 1.54) is 12.1 Å². The zero-order valence-corrected chi connectivity index (χ0v) is 11.7. The van der Waals surface area contributed by atoms with Crippen LogP contribution in [0.25, 0.3) is 0 Å². The molecule has 0 aromatic heterocycles. The summed E-state index contributed by atoms with van der Waals surface area (Å²) >= 11 is 3.14. The number of hydrogen-bond acceptors (Lipinski definition) is 3. The summed E-state index contributed by atoms with van der Waals surface area (Å²) in [5.74, 6) is -1.35. The molecule has 0 unspecified atom stereocenters. The summed E-state index contributed by atoms with van der Waals surface area (Å²) in [7, 11) is 0. The quantitative estimate of drug-likeness (QED) is 0.667. The molecule has 0 saturated heterocycles. The maximum atomic E-state index is 13.5. The third-order valence-electron chi connectivity index (χ3n) is 2.62. The van der Waals surface area contributed by atoms with Gasteiger partial charge in [-0.15, -0.1) is 0 Å². The SMILES string of the molecule is O=[N+]([O-])c1ccc(CNc2ccc(Br)cc2F)cc1F. The first-order valence-electron chi connectivity index (χ1n) is 5.59. The zero-order valence-electron chi connectivity index (χ0n) is 10.1. The molecule has 20 heavy (non-hydrogen) atoms. The molecule has 7 heteroatoms. The number of nitro groups is 1. The fourth-order valence-corrected chi connectivity index (χ4v) is 1.97. The van der Waals surface area contributed by atoms with Crippen molar-refractivity contribution in [2.45, 2.75) is 6.54 Å². The van der Waals surface area contributed by atoms with Gasteiger partial charge in [-0.05, 0) is 29.8 Å². The Balaban J connectivity index is 2.11. The van der Waals surface area contributed by atoms with E-state index in [0.717, 1.165) is 12.1 Å². The Hall–Kier alpha value is -2.02. The van der Waals surface area contributed by atoms with Gasteiger partial charge >= 0.3 is 5.69 Å². The molecule has 0 spiro atoms. The van der Waals surface area contributed by atoms with Gasteiger partial charge in [-0.1, -0.05) is 22.0 Å². The van der Waals surface area contributed by atoms with Gasteiger partial charge in [0.1, 0.15) is 5.82 Å². The molecule has 0 fully saturated rings. The Morgan fingerprint density at radius 2 is 1.90 bits per heavy atom. The number of nitrogens with one attached hydrogen (secondary N) is 1. The van der Waals surface area contributed by atoms with E-state index < -0.39 is 22.2 Å². The van der Waals surface area contributed by atoms with Crippen molar-refractivity contribution in [3.8, 4) is 0 Å². The van der Waals surface area contributed by atoms with Crippen LogP contribution in [0, 0.1) is 21.7 Å². The van der Waals surface area contributed by atoms with Gasteiger partial charge in [0.25, 0.3) is 0 Å². The monoisotopic (exact) mass is 342 g/mol. The highest BCUT2D eigenvalue weighted by atomic mass is 79.9. The van der Waals surface area contributed by atoms with Crippen LogP contribution >= 0.6 is 15.9 Å². The second kappa shape index (κ2) is 5.96. The van der Waals surface area contributed by atoms with Crippen molar-refractivity contribution < 1.29 is 13.7 Å². The van der Waals surface area contributed by atoms with Crippen LogP contribution in [0.3, 0.4) is 0 Å². The molecule has 0 aliphatic carbocycles. The largest absolute Gasteiger partial charge is 0.379 e. The second-order valence-electron chi connectivity index (χ2n) is 4.02. The third-order valence-corrected chi connectivity index (χ3v) is 3.12. The minimum absolute atomic E-state index is 0.160. The predicted molar refractivity (Wildman–Crippen MR) is 74.5 cm³/mol. The van der Waals surface area contributed by atoms with Gasteiger partial charge in [0, 0.05) is 17.1 Å². The number of nitro benzene ring substituents is 1. The first-order valence-corrected chi connectivity index (χ1v) is 6.38. The average Bonchev–Trinajstić information content (AvgIpc) is 2.37. The van der Waals surface area contributed by atoms with Crippen LogP contribution in [0.1, 0.15) is 5.56 Å². The van der Waals surface area contributed by atoms with E-state index in [1.807, 2.05) is 0 Å². The van der Waals surface area contributed by atoms with Crippen LogP contribution < -0.4 is 5.32 Å². The van der Waals surface area contributed by atoms with Gasteiger partial charge in [0.05, 0.1) is 10.6 Å². The maximum Gasteiger partial charge on any atom is 0.304 e. The Morgan fingerprint density at radius 1 is 1.15 bits per heavy atom. The third kappa shape index (κ3) is 3.30. The van der Waals surface area contributed by atoms with E-state index in [-0.39, 0.29) is 12.2 Å². The summed E-state index contributed by atoms with van der Waals surface area (Å²) in [5.41, 5.74) is 0.172. The van der Waals surface area contributed by atoms with Crippen LogP contribution in [0.2, 0.25) is 0 Å². The molecular weight excluding hydrogens is 334 g/mol. The van der Waals surface area contributed by atoms with Crippen molar-refractivity contribution in [2.24, 2.45) is 0 Å². The molecule has 0 saturated carbocycles. The van der Waals surface area contributed by atoms with E-state index in [2.05, 4.69) is 21.2 Å². The van der Waals surface area contributed by atoms with Crippen molar-refractivity contribution in [3.05, 3.63) is 68.2 Å². The van der Waals surface area contributed by atoms with Crippen LogP contribution in [0.5, 0.6) is 0 Å². The summed E-state index contributed by atoms with van der Waals surface area (Å²) < 4.78 is 27.6. The molecule has 0 atom stereocenters. The molecule has 0 aliphatic rings. The van der Waals surface area contributed by atoms with Gasteiger partial charge in [-0.2, -0.15) is 4.39 Å². The Bertz CT molecular complexity index is 665. The lowest BCUT2D eigenvalue weighted by Crippen LogP contribution is -2.02. The summed E-state index contributed by atoms with van der Waals surface area (Å²) in [6.07, 6.45) is 0. The molecule has 0 heterocycles. The fraction of sp³-hybridized carbons (Fsp3) is 0.0769. The van der Waals surface area contributed by atoms with Crippen LogP contribution in [0.4, 0.5) is 20.2 Å². The summed E-state index contributed by atoms with van der Waals surface area (Å²) in [5, 5.41) is 13.3. The van der Waals surface area contributed by atoms with Crippen molar-refractivity contribution in [1.29, 1.82) is 0 Å². The lowest BCUT2D eigenvalue weighted by atomic mass is 10.2. The van der Waals surface area contributed by atoms with Crippen molar-refractivity contribution in [3.63, 3.8) is 0 Å². The van der Waals surface area contributed by atoms with Crippen LogP contribution in [-0.4, -0.2) is 4.92 Å². The molecule has 2 aromatic rings. The van der Waals surface area contributed by atoms with Crippen molar-refractivity contribution in [2.75, 3.05) is 5.32 Å². The number of halogens is 3. The molecule has 4 nitrogen and oxygen atoms in total. The second-order valence-corrected chi connectivity index (χ2v) is 4.94. The highest BCUT2D eigenvalue weighted by Crippen LogP contribution is 2.21. The Labute approximate surface area is 121 Å². The average molecular weight is 343 g/mol. The predicted octanol–water partition coefficient (Wildman–Crippen LogP) is 4.25. The first-order chi connectivity index (χ1) is 9.47. The van der Waals surface area contributed by atoms with Gasteiger partial charge < -0.3 is 5.32 Å². The minimum atomic E-state index is -0.912. The molecule has 1 N–H and O–H groups in total. The highest BCUT2D eigenvalue weighted by molar-refractivity contribution is 9.10. The number of hydrogen-bond donors (Lipinski definition) is 1. The van der Waals surface area contributed by atoms with E-state index in [4.69, 9.17) is 0 Å². The van der Waals surface area contributed by atoms with Gasteiger partial charge in [0.2, 0.25) is 5.82 Å². The highest BCUT2D eigenvalue weighted by Gasteiger charge is 2.13. The summed E-state index contributed by atoms with van der Waals surface area (Å²) in [6.45, 7) is 0.160. The summed E-state index contributed by atoms with van der Waals surface area (Å²) in [6, 6.07) is 8.08. The molecule has 104 valence electrons. The molecular formula is C13H9BrF2N2O2. The van der Waals surface area contributed by atoms with Crippen LogP contribution in [0.15, 0.2) is 40.9 Å². The number of nitrogens with zero attached hydrogens (tertiary/aromatic N) is 1. The molecule has 2 rings (SSSR count). The molecule has 0 bridgehead atoms. The van der Waals surface area contributed by atoms with Crippen LogP contribution in [-0.2, 0) is 6.54 Å². The summed E-state index contributed by atoms with van der Waals surface area (Å²) in [4.78, 5) is 9.69. The lowest BCUT2D eigenvalue weighted by molar-refractivity contribution is -0.387. The fourth-order valence-electron chi connectivity index (χ4n) is 1.64. The van der Waals surface area contributed by atoms with E-state index in [0.29, 0.717) is 10.0 Å². The lowest BCUT2D eigenvalue weighted by Gasteiger charge is -2.08. The normalized spacial score (nSPS) is 10.3. The van der Waals surface area contributed by atoms with E-state index in [9.17, 15) is 18.9 Å². The number of anilines is 1. The number of rotatable bonds is 4. The standard InChI is InChI=1S/C13H9BrF2N2O2/c14-9-2-3-12(10(15)6-9)17-7-8-1-4-13(18(19)20)11(16)5-8/h1-6,17H,7H2. The van der Waals surface area contributed by atoms with E-state index in [1.54, 1.807) is 12.1 Å². The minimum Gasteiger partial charge on any atom is -0.379 e. The molecule has 2 aromatic carbocycles. The topological polar surface area (TPSA) is 55.2 Å². The smallest absolute Gasteiger partial charge is 0.304 e. The molecule has 0 radical (unpaired) electrons. The first kappa shape index (κ1) is 14.4. The van der Waals surface area contributed by atoms with Gasteiger partial charge in [-0.3, -0.25) is 10.1 Å². The Morgan fingerprint density at radius 3 is 2.50 bits per heavy atom. The van der Waals surface area contributed by atoms with Gasteiger partial charge in [0.15, 0.2) is 0 Å². The van der Waals surface area contributed by atoms with Gasteiger partial charge in [-0.25, -0.2) is 4.39 Å². The van der Waals surface area contributed by atoms with Crippen molar-refractivity contribution in [1.82, 2.24) is 0 Å². The zero-order chi connectivity index (χ0) is 14.7. The molecule has 0 amide bonds. The maximum absolute atomic E-state index is 13.5. The van der Waals surface area contributed by atoms with Crippen molar-refractivity contribution >= 4 is 27.3 Å².